The molecule has 0 aliphatic rings. The van der Waals surface area contributed by atoms with Gasteiger partial charge in [-0.2, -0.15) is 0 Å². The molecule has 90 valence electrons. The Balaban J connectivity index is 2.42. The number of hydrogen-bond acceptors (Lipinski definition) is 4. The summed E-state index contributed by atoms with van der Waals surface area (Å²) in [5.74, 6) is -1.02. The second-order valence-electron chi connectivity index (χ2n) is 3.81. The lowest BCUT2D eigenvalue weighted by atomic mass is 10.00. The SMILES string of the molecule is COCC(C(=O)O)c1ccc2oc(C)nc2c1. The van der Waals surface area contributed by atoms with E-state index in [2.05, 4.69) is 4.98 Å². The largest absolute Gasteiger partial charge is 0.481 e. The fourth-order valence-corrected chi connectivity index (χ4v) is 1.75. The molecule has 17 heavy (non-hydrogen) atoms. The van der Waals surface area contributed by atoms with E-state index in [-0.39, 0.29) is 6.61 Å². The van der Waals surface area contributed by atoms with Crippen LogP contribution in [-0.4, -0.2) is 29.8 Å². The lowest BCUT2D eigenvalue weighted by Crippen LogP contribution is -2.16. The van der Waals surface area contributed by atoms with Gasteiger partial charge in [0.05, 0.1) is 6.61 Å². The van der Waals surface area contributed by atoms with Gasteiger partial charge in [0.25, 0.3) is 0 Å². The highest BCUT2D eigenvalue weighted by Crippen LogP contribution is 2.22. The monoisotopic (exact) mass is 235 g/mol. The van der Waals surface area contributed by atoms with Gasteiger partial charge in [0.15, 0.2) is 11.5 Å². The summed E-state index contributed by atoms with van der Waals surface area (Å²) in [6.45, 7) is 1.89. The molecule has 0 saturated carbocycles. The Kier molecular flexibility index (Phi) is 3.10. The van der Waals surface area contributed by atoms with Gasteiger partial charge in [-0.15, -0.1) is 0 Å². The van der Waals surface area contributed by atoms with E-state index in [0.29, 0.717) is 22.6 Å². The maximum atomic E-state index is 11.1. The number of benzene rings is 1. The van der Waals surface area contributed by atoms with Crippen LogP contribution in [0.5, 0.6) is 0 Å². The Morgan fingerprint density at radius 3 is 3.00 bits per heavy atom. The summed E-state index contributed by atoms with van der Waals surface area (Å²) in [4.78, 5) is 15.3. The highest BCUT2D eigenvalue weighted by atomic mass is 16.5. The Morgan fingerprint density at radius 1 is 1.59 bits per heavy atom. The van der Waals surface area contributed by atoms with Crippen LogP contribution in [-0.2, 0) is 9.53 Å². The molecule has 1 unspecified atom stereocenters. The molecule has 0 aliphatic carbocycles. The minimum atomic E-state index is -0.911. The lowest BCUT2D eigenvalue weighted by molar-refractivity contribution is -0.140. The molecule has 0 radical (unpaired) electrons. The smallest absolute Gasteiger partial charge is 0.313 e. The number of hydrogen-bond donors (Lipinski definition) is 1. The first-order chi connectivity index (χ1) is 8.11. The third-order valence-corrected chi connectivity index (χ3v) is 2.55. The van der Waals surface area contributed by atoms with E-state index in [9.17, 15) is 4.79 Å². The van der Waals surface area contributed by atoms with Crippen molar-refractivity contribution in [2.75, 3.05) is 13.7 Å². The first-order valence-corrected chi connectivity index (χ1v) is 5.20. The molecule has 1 aromatic heterocycles. The van der Waals surface area contributed by atoms with Gasteiger partial charge in [-0.1, -0.05) is 6.07 Å². The molecule has 0 spiro atoms. The third kappa shape index (κ3) is 2.29. The zero-order valence-corrected chi connectivity index (χ0v) is 9.64. The van der Waals surface area contributed by atoms with Crippen molar-refractivity contribution in [2.45, 2.75) is 12.8 Å². The highest BCUT2D eigenvalue weighted by Gasteiger charge is 2.20. The van der Waals surface area contributed by atoms with Crippen molar-refractivity contribution in [1.29, 1.82) is 0 Å². The van der Waals surface area contributed by atoms with Crippen molar-refractivity contribution in [3.63, 3.8) is 0 Å². The van der Waals surface area contributed by atoms with E-state index in [1.165, 1.54) is 7.11 Å². The summed E-state index contributed by atoms with van der Waals surface area (Å²) in [6.07, 6.45) is 0. The molecule has 0 amide bonds. The predicted octanol–water partition coefficient (Wildman–Crippen LogP) is 1.95. The third-order valence-electron chi connectivity index (χ3n) is 2.55. The van der Waals surface area contributed by atoms with Gasteiger partial charge in [0, 0.05) is 14.0 Å². The topological polar surface area (TPSA) is 72.6 Å². The number of carboxylic acids is 1. The maximum Gasteiger partial charge on any atom is 0.313 e. The normalized spacial score (nSPS) is 12.8. The molecule has 0 fully saturated rings. The van der Waals surface area contributed by atoms with E-state index >= 15 is 0 Å². The number of methoxy groups -OCH3 is 1. The first-order valence-electron chi connectivity index (χ1n) is 5.20. The molecule has 2 aromatic rings. The summed E-state index contributed by atoms with van der Waals surface area (Å²) < 4.78 is 10.2. The van der Waals surface area contributed by atoms with Crippen LogP contribution in [0.2, 0.25) is 0 Å². The van der Waals surface area contributed by atoms with Crippen molar-refractivity contribution in [3.05, 3.63) is 29.7 Å². The fourth-order valence-electron chi connectivity index (χ4n) is 1.75. The Labute approximate surface area is 98.0 Å². The quantitative estimate of drug-likeness (QED) is 0.876. The van der Waals surface area contributed by atoms with Crippen LogP contribution in [0.15, 0.2) is 22.6 Å². The molecule has 1 N–H and O–H groups in total. The number of fused-ring (bicyclic) bond motifs is 1. The van der Waals surface area contributed by atoms with Crippen molar-refractivity contribution in [1.82, 2.24) is 4.98 Å². The molecule has 2 rings (SSSR count). The minimum absolute atomic E-state index is 0.137. The number of ether oxygens (including phenoxy) is 1. The second-order valence-corrected chi connectivity index (χ2v) is 3.81. The van der Waals surface area contributed by atoms with Crippen LogP contribution in [0.3, 0.4) is 0 Å². The number of nitrogens with zero attached hydrogens (tertiary/aromatic N) is 1. The summed E-state index contributed by atoms with van der Waals surface area (Å²) in [7, 11) is 1.48. The van der Waals surface area contributed by atoms with Gasteiger partial charge in [0.1, 0.15) is 11.4 Å². The maximum absolute atomic E-state index is 11.1. The molecule has 0 bridgehead atoms. The summed E-state index contributed by atoms with van der Waals surface area (Å²) in [6, 6.07) is 5.19. The molecule has 0 aliphatic heterocycles. The van der Waals surface area contributed by atoms with Gasteiger partial charge in [-0.25, -0.2) is 4.98 Å². The van der Waals surface area contributed by atoms with Crippen LogP contribution in [0.4, 0.5) is 0 Å². The summed E-state index contributed by atoms with van der Waals surface area (Å²) in [5.41, 5.74) is 2.00. The zero-order chi connectivity index (χ0) is 12.4. The molecule has 5 nitrogen and oxygen atoms in total. The van der Waals surface area contributed by atoms with E-state index < -0.39 is 11.9 Å². The summed E-state index contributed by atoms with van der Waals surface area (Å²) >= 11 is 0. The summed E-state index contributed by atoms with van der Waals surface area (Å²) in [5, 5.41) is 9.11. The minimum Gasteiger partial charge on any atom is -0.481 e. The van der Waals surface area contributed by atoms with Crippen LogP contribution < -0.4 is 0 Å². The molecule has 0 saturated heterocycles. The number of aromatic nitrogens is 1. The van der Waals surface area contributed by atoms with E-state index in [1.807, 2.05) is 0 Å². The van der Waals surface area contributed by atoms with Gasteiger partial charge < -0.3 is 14.3 Å². The van der Waals surface area contributed by atoms with Crippen LogP contribution >= 0.6 is 0 Å². The predicted molar refractivity (Wildman–Crippen MR) is 61.0 cm³/mol. The number of aryl methyl sites for hydroxylation is 1. The number of carbonyl (C=O) groups is 1. The van der Waals surface area contributed by atoms with Gasteiger partial charge in [0.2, 0.25) is 0 Å². The van der Waals surface area contributed by atoms with E-state index in [1.54, 1.807) is 25.1 Å². The molecular formula is C12H13NO4. The van der Waals surface area contributed by atoms with Crippen molar-refractivity contribution < 1.29 is 19.1 Å². The lowest BCUT2D eigenvalue weighted by Gasteiger charge is -2.10. The average molecular weight is 235 g/mol. The van der Waals surface area contributed by atoms with E-state index in [0.717, 1.165) is 0 Å². The molecule has 1 aromatic carbocycles. The first kappa shape index (κ1) is 11.6. The Bertz CT molecular complexity index is 546. The second kappa shape index (κ2) is 4.55. The molecule has 1 atom stereocenters. The standard InChI is InChI=1S/C12H13NO4/c1-7-13-10-5-8(3-4-11(10)17-7)9(6-16-2)12(14)15/h3-5,9H,6H2,1-2H3,(H,14,15). The van der Waals surface area contributed by atoms with Crippen LogP contribution in [0.1, 0.15) is 17.4 Å². The van der Waals surface area contributed by atoms with Gasteiger partial charge in [-0.3, -0.25) is 4.79 Å². The van der Waals surface area contributed by atoms with Crippen molar-refractivity contribution in [2.24, 2.45) is 0 Å². The van der Waals surface area contributed by atoms with Crippen molar-refractivity contribution in [3.8, 4) is 0 Å². The molecular weight excluding hydrogens is 222 g/mol. The average Bonchev–Trinajstić information content (AvgIpc) is 2.64. The fraction of sp³-hybridized carbons (Fsp3) is 0.333. The van der Waals surface area contributed by atoms with Crippen LogP contribution in [0, 0.1) is 6.92 Å². The molecule has 1 heterocycles. The number of rotatable bonds is 4. The highest BCUT2D eigenvalue weighted by molar-refractivity contribution is 5.80. The number of aliphatic carboxylic acids is 1. The van der Waals surface area contributed by atoms with Crippen molar-refractivity contribution >= 4 is 17.1 Å². The van der Waals surface area contributed by atoms with E-state index in [4.69, 9.17) is 14.3 Å². The van der Waals surface area contributed by atoms with Crippen LogP contribution in [0.25, 0.3) is 11.1 Å². The number of oxazole rings is 1. The van der Waals surface area contributed by atoms with Gasteiger partial charge >= 0.3 is 5.97 Å². The zero-order valence-electron chi connectivity index (χ0n) is 9.64. The molecule has 5 heteroatoms. The Morgan fingerprint density at radius 2 is 2.35 bits per heavy atom. The Hall–Kier alpha value is -1.88. The van der Waals surface area contributed by atoms with Gasteiger partial charge in [-0.05, 0) is 17.7 Å². The number of carboxylic acid groups (broad SMARTS) is 1.